The standard InChI is InChI=1S/C40H24N2OS/c1-2-11-25(12-3-1)37-36-33-18-4-6-21-34(33)43-40(36)42-39(41-37)29-16-9-14-27(24-29)26-13-8-15-28(23-26)30-19-10-20-32-31-17-5-7-22-35(31)44-38(30)32/h1-24H. The van der Waals surface area contributed by atoms with E-state index in [1.165, 1.54) is 31.3 Å². The molecule has 0 saturated heterocycles. The van der Waals surface area contributed by atoms with Gasteiger partial charge in [0.05, 0.1) is 11.1 Å². The minimum Gasteiger partial charge on any atom is -0.438 e. The Balaban J connectivity index is 1.18. The number of hydrogen-bond acceptors (Lipinski definition) is 4. The van der Waals surface area contributed by atoms with E-state index in [1.54, 1.807) is 0 Å². The highest BCUT2D eigenvalue weighted by atomic mass is 32.1. The summed E-state index contributed by atoms with van der Waals surface area (Å²) in [5, 5.41) is 4.58. The molecule has 9 aromatic rings. The average Bonchev–Trinajstić information content (AvgIpc) is 3.67. The number of thiophene rings is 1. The molecular weight excluding hydrogens is 557 g/mol. The molecule has 0 atom stereocenters. The molecule has 0 amide bonds. The fourth-order valence-corrected chi connectivity index (χ4v) is 7.47. The van der Waals surface area contributed by atoms with Crippen molar-refractivity contribution in [1.82, 2.24) is 9.97 Å². The van der Waals surface area contributed by atoms with E-state index in [-0.39, 0.29) is 0 Å². The van der Waals surface area contributed by atoms with Gasteiger partial charge in [-0.2, -0.15) is 4.98 Å². The first-order chi connectivity index (χ1) is 21.8. The number of fused-ring (bicyclic) bond motifs is 6. The van der Waals surface area contributed by atoms with Gasteiger partial charge in [0.25, 0.3) is 0 Å². The minimum atomic E-state index is 0.596. The molecule has 44 heavy (non-hydrogen) atoms. The molecule has 6 aromatic carbocycles. The highest BCUT2D eigenvalue weighted by Gasteiger charge is 2.18. The lowest BCUT2D eigenvalue weighted by Gasteiger charge is -2.10. The molecule has 0 radical (unpaired) electrons. The van der Waals surface area contributed by atoms with Crippen molar-refractivity contribution in [2.45, 2.75) is 0 Å². The predicted molar refractivity (Wildman–Crippen MR) is 184 cm³/mol. The van der Waals surface area contributed by atoms with Crippen molar-refractivity contribution < 1.29 is 4.42 Å². The third-order valence-corrected chi connectivity index (χ3v) is 9.54. The van der Waals surface area contributed by atoms with Crippen molar-refractivity contribution in [1.29, 1.82) is 0 Å². The van der Waals surface area contributed by atoms with E-state index in [1.807, 2.05) is 47.7 Å². The molecule has 9 rings (SSSR count). The van der Waals surface area contributed by atoms with Crippen LogP contribution in [0.25, 0.3) is 87.1 Å². The van der Waals surface area contributed by atoms with Gasteiger partial charge in [-0.3, -0.25) is 0 Å². The first kappa shape index (κ1) is 25.0. The zero-order valence-electron chi connectivity index (χ0n) is 23.6. The van der Waals surface area contributed by atoms with Gasteiger partial charge >= 0.3 is 0 Å². The van der Waals surface area contributed by atoms with Crippen LogP contribution in [0.5, 0.6) is 0 Å². The number of aromatic nitrogens is 2. The number of furan rings is 1. The Morgan fingerprint density at radius 1 is 0.477 bits per heavy atom. The summed E-state index contributed by atoms with van der Waals surface area (Å²) in [6.45, 7) is 0. The lowest BCUT2D eigenvalue weighted by Crippen LogP contribution is -1.94. The Labute approximate surface area is 257 Å². The third kappa shape index (κ3) is 4.03. The molecule has 0 bridgehead atoms. The summed E-state index contributed by atoms with van der Waals surface area (Å²) in [5.41, 5.74) is 8.98. The molecule has 0 aliphatic heterocycles. The van der Waals surface area contributed by atoms with Gasteiger partial charge in [-0.15, -0.1) is 11.3 Å². The predicted octanol–water partition coefficient (Wildman–Crippen LogP) is 11.4. The van der Waals surface area contributed by atoms with Gasteiger partial charge < -0.3 is 4.42 Å². The number of para-hydroxylation sites is 1. The second-order valence-electron chi connectivity index (χ2n) is 11.0. The van der Waals surface area contributed by atoms with Crippen molar-refractivity contribution >= 4 is 53.6 Å². The number of benzene rings is 6. The van der Waals surface area contributed by atoms with E-state index < -0.39 is 0 Å². The minimum absolute atomic E-state index is 0.596. The van der Waals surface area contributed by atoms with E-state index >= 15 is 0 Å². The van der Waals surface area contributed by atoms with Crippen LogP contribution in [0.4, 0.5) is 0 Å². The van der Waals surface area contributed by atoms with Crippen LogP contribution in [0.15, 0.2) is 150 Å². The topological polar surface area (TPSA) is 38.9 Å². The lowest BCUT2D eigenvalue weighted by molar-refractivity contribution is 0.653. The number of nitrogens with zero attached hydrogens (tertiary/aromatic N) is 2. The molecule has 0 fully saturated rings. The van der Waals surface area contributed by atoms with Crippen LogP contribution >= 0.6 is 11.3 Å². The Hall–Kier alpha value is -5.58. The van der Waals surface area contributed by atoms with E-state index in [2.05, 4.69) is 109 Å². The summed E-state index contributed by atoms with van der Waals surface area (Å²) in [5.74, 6) is 0.642. The fourth-order valence-electron chi connectivity index (χ4n) is 6.24. The zero-order chi connectivity index (χ0) is 29.0. The molecule has 0 unspecified atom stereocenters. The average molecular weight is 581 g/mol. The van der Waals surface area contributed by atoms with Gasteiger partial charge in [0.15, 0.2) is 5.82 Å². The molecule has 3 aromatic heterocycles. The van der Waals surface area contributed by atoms with E-state index in [9.17, 15) is 0 Å². The van der Waals surface area contributed by atoms with Gasteiger partial charge in [0, 0.05) is 36.7 Å². The van der Waals surface area contributed by atoms with Crippen molar-refractivity contribution in [3.63, 3.8) is 0 Å². The quantitative estimate of drug-likeness (QED) is 0.208. The van der Waals surface area contributed by atoms with Gasteiger partial charge in [-0.05, 0) is 46.5 Å². The fraction of sp³-hybridized carbons (Fsp3) is 0. The van der Waals surface area contributed by atoms with E-state index in [0.717, 1.165) is 44.3 Å². The van der Waals surface area contributed by atoms with Gasteiger partial charge in [-0.1, -0.05) is 121 Å². The zero-order valence-corrected chi connectivity index (χ0v) is 24.4. The van der Waals surface area contributed by atoms with Crippen LogP contribution in [0.2, 0.25) is 0 Å². The van der Waals surface area contributed by atoms with Crippen LogP contribution in [0, 0.1) is 0 Å². The Morgan fingerprint density at radius 2 is 1.11 bits per heavy atom. The molecule has 0 spiro atoms. The summed E-state index contributed by atoms with van der Waals surface area (Å²) in [4.78, 5) is 10.1. The summed E-state index contributed by atoms with van der Waals surface area (Å²) >= 11 is 1.86. The molecule has 0 saturated carbocycles. The van der Waals surface area contributed by atoms with Crippen LogP contribution in [0.3, 0.4) is 0 Å². The maximum absolute atomic E-state index is 6.26. The first-order valence-corrected chi connectivity index (χ1v) is 15.5. The number of hydrogen-bond donors (Lipinski definition) is 0. The van der Waals surface area contributed by atoms with Gasteiger partial charge in [-0.25, -0.2) is 4.98 Å². The summed E-state index contributed by atoms with van der Waals surface area (Å²) in [6, 6.07) is 50.9. The lowest BCUT2D eigenvalue weighted by atomic mass is 9.97. The second kappa shape index (κ2) is 10.0. The van der Waals surface area contributed by atoms with Crippen LogP contribution in [-0.4, -0.2) is 9.97 Å². The molecule has 0 aliphatic carbocycles. The molecule has 0 N–H and O–H groups in total. The molecule has 3 nitrogen and oxygen atoms in total. The van der Waals surface area contributed by atoms with Crippen molar-refractivity contribution in [3.05, 3.63) is 146 Å². The third-order valence-electron chi connectivity index (χ3n) is 8.32. The van der Waals surface area contributed by atoms with Gasteiger partial charge in [0.1, 0.15) is 5.58 Å². The molecule has 206 valence electrons. The summed E-state index contributed by atoms with van der Waals surface area (Å²) < 4.78 is 8.90. The maximum atomic E-state index is 6.26. The summed E-state index contributed by atoms with van der Waals surface area (Å²) in [7, 11) is 0. The van der Waals surface area contributed by atoms with Crippen LogP contribution in [0.1, 0.15) is 0 Å². The first-order valence-electron chi connectivity index (χ1n) is 14.7. The van der Waals surface area contributed by atoms with Crippen LogP contribution in [-0.2, 0) is 0 Å². The molecule has 3 heterocycles. The SMILES string of the molecule is c1ccc(-c2nc(-c3cccc(-c4cccc(-c5cccc6c5sc5ccccc56)c4)c3)nc3oc4ccccc4c23)cc1. The smallest absolute Gasteiger partial charge is 0.231 e. The molecule has 0 aliphatic rings. The second-order valence-corrected chi connectivity index (χ2v) is 12.0. The Bertz CT molecular complexity index is 2510. The number of rotatable bonds is 4. The largest absolute Gasteiger partial charge is 0.438 e. The van der Waals surface area contributed by atoms with E-state index in [4.69, 9.17) is 14.4 Å². The highest BCUT2D eigenvalue weighted by molar-refractivity contribution is 7.26. The van der Waals surface area contributed by atoms with Crippen molar-refractivity contribution in [2.24, 2.45) is 0 Å². The Morgan fingerprint density at radius 3 is 1.98 bits per heavy atom. The van der Waals surface area contributed by atoms with Crippen LogP contribution < -0.4 is 0 Å². The Kier molecular flexibility index (Phi) is 5.68. The molecule has 4 heteroatoms. The van der Waals surface area contributed by atoms with Crippen molar-refractivity contribution in [2.75, 3.05) is 0 Å². The highest BCUT2D eigenvalue weighted by Crippen LogP contribution is 2.41. The molecular formula is C40H24N2OS. The van der Waals surface area contributed by atoms with Crippen molar-refractivity contribution in [3.8, 4) is 44.9 Å². The van der Waals surface area contributed by atoms with E-state index in [0.29, 0.717) is 11.5 Å². The monoisotopic (exact) mass is 580 g/mol. The normalized spacial score (nSPS) is 11.6. The maximum Gasteiger partial charge on any atom is 0.231 e. The van der Waals surface area contributed by atoms with Gasteiger partial charge in [0.2, 0.25) is 5.71 Å². The summed E-state index contributed by atoms with van der Waals surface area (Å²) in [6.07, 6.45) is 0.